The topological polar surface area (TPSA) is 67.5 Å². The van der Waals surface area contributed by atoms with Gasteiger partial charge < -0.3 is 19.4 Å². The average molecular weight is 305 g/mol. The van der Waals surface area contributed by atoms with Crippen LogP contribution in [0.1, 0.15) is 22.6 Å². The zero-order valence-electron chi connectivity index (χ0n) is 11.0. The lowest BCUT2D eigenvalue weighted by atomic mass is 10.0. The number of hydrogen-bond acceptors (Lipinski definition) is 4. The second-order valence-corrected chi connectivity index (χ2v) is 4.96. The van der Waals surface area contributed by atoms with Crippen molar-refractivity contribution in [2.75, 3.05) is 26.4 Å². The maximum Gasteiger partial charge on any atom is 0.433 e. The minimum absolute atomic E-state index is 0.254. The number of rotatable bonds is 1. The van der Waals surface area contributed by atoms with E-state index in [9.17, 15) is 18.0 Å². The molecule has 21 heavy (non-hydrogen) atoms. The van der Waals surface area contributed by atoms with Crippen molar-refractivity contribution in [2.24, 2.45) is 0 Å². The summed E-state index contributed by atoms with van der Waals surface area (Å²) in [4.78, 5) is 19.4. The lowest BCUT2D eigenvalue weighted by Crippen LogP contribution is -2.57. The first-order valence-corrected chi connectivity index (χ1v) is 6.59. The molecular formula is C12H14F3N3O3. The van der Waals surface area contributed by atoms with Crippen LogP contribution in [0.15, 0.2) is 6.33 Å². The van der Waals surface area contributed by atoms with Crippen LogP contribution < -0.4 is 0 Å². The Morgan fingerprint density at radius 1 is 1.43 bits per heavy atom. The van der Waals surface area contributed by atoms with E-state index in [0.717, 1.165) is 6.33 Å². The van der Waals surface area contributed by atoms with Gasteiger partial charge in [0.05, 0.1) is 25.6 Å². The van der Waals surface area contributed by atoms with Crippen molar-refractivity contribution >= 4 is 5.91 Å². The number of aromatic nitrogens is 2. The number of carbonyl (C=O) groups excluding carboxylic acids is 1. The van der Waals surface area contributed by atoms with Gasteiger partial charge in [-0.15, -0.1) is 0 Å². The first-order valence-electron chi connectivity index (χ1n) is 6.59. The molecule has 1 aromatic heterocycles. The van der Waals surface area contributed by atoms with Gasteiger partial charge in [0.15, 0.2) is 11.4 Å². The summed E-state index contributed by atoms with van der Waals surface area (Å²) in [5.41, 5.74) is -1.70. The maximum absolute atomic E-state index is 12.9. The molecule has 0 aliphatic carbocycles. The van der Waals surface area contributed by atoms with Gasteiger partial charge in [0, 0.05) is 13.2 Å². The summed E-state index contributed by atoms with van der Waals surface area (Å²) in [7, 11) is 0. The molecule has 2 aliphatic heterocycles. The minimum Gasteiger partial charge on any atom is -0.379 e. The van der Waals surface area contributed by atoms with Gasteiger partial charge in [0.1, 0.15) is 6.10 Å². The van der Waals surface area contributed by atoms with E-state index in [1.807, 2.05) is 4.98 Å². The lowest BCUT2D eigenvalue weighted by molar-refractivity contribution is -0.142. The number of ether oxygens (including phenoxy) is 2. The number of carbonyl (C=O) groups is 1. The van der Waals surface area contributed by atoms with Gasteiger partial charge >= 0.3 is 6.18 Å². The van der Waals surface area contributed by atoms with Gasteiger partial charge in [-0.05, 0) is 6.42 Å². The second kappa shape index (κ2) is 5.30. The molecule has 1 aromatic rings. The molecule has 2 saturated heterocycles. The molecule has 3 rings (SSSR count). The van der Waals surface area contributed by atoms with Crippen molar-refractivity contribution in [2.45, 2.75) is 24.7 Å². The standard InChI is InChI=1S/C12H14F3N3O3/c13-12(14,15)10-9(16-6-17-10)11(19)18-2-4-21-8-5-20-3-1-7(8)18/h6-8H,1-5H2,(H,16,17)/t7-,8+/m0/s1. The zero-order chi connectivity index (χ0) is 15.0. The Labute approximate surface area is 118 Å². The van der Waals surface area contributed by atoms with Crippen molar-refractivity contribution < 1.29 is 27.4 Å². The molecule has 0 spiro atoms. The molecule has 0 unspecified atom stereocenters. The molecule has 0 bridgehead atoms. The third kappa shape index (κ3) is 2.62. The van der Waals surface area contributed by atoms with E-state index in [1.165, 1.54) is 4.90 Å². The summed E-state index contributed by atoms with van der Waals surface area (Å²) in [5.74, 6) is -0.719. The number of fused-ring (bicyclic) bond motifs is 1. The third-order valence-electron chi connectivity index (χ3n) is 3.72. The molecule has 0 saturated carbocycles. The number of nitrogens with one attached hydrogen (secondary N) is 1. The molecular weight excluding hydrogens is 291 g/mol. The fourth-order valence-corrected chi connectivity index (χ4v) is 2.75. The van der Waals surface area contributed by atoms with E-state index in [4.69, 9.17) is 9.47 Å². The monoisotopic (exact) mass is 305 g/mol. The molecule has 6 nitrogen and oxygen atoms in total. The summed E-state index contributed by atoms with van der Waals surface area (Å²) >= 11 is 0. The summed E-state index contributed by atoms with van der Waals surface area (Å²) in [6.07, 6.45) is -3.49. The van der Waals surface area contributed by atoms with E-state index >= 15 is 0 Å². The molecule has 1 amide bonds. The molecule has 2 atom stereocenters. The number of halogens is 3. The highest BCUT2D eigenvalue weighted by atomic mass is 19.4. The third-order valence-corrected chi connectivity index (χ3v) is 3.72. The Bertz CT molecular complexity index is 529. The van der Waals surface area contributed by atoms with Crippen LogP contribution in [0.5, 0.6) is 0 Å². The number of H-pyrrole nitrogens is 1. The summed E-state index contributed by atoms with van der Waals surface area (Å²) in [6.45, 7) is 1.34. The number of amides is 1. The van der Waals surface area contributed by atoms with E-state index in [2.05, 4.69) is 4.98 Å². The predicted molar refractivity (Wildman–Crippen MR) is 63.6 cm³/mol. The predicted octanol–water partition coefficient (Wildman–Crippen LogP) is 1.06. The molecule has 9 heteroatoms. The summed E-state index contributed by atoms with van der Waals surface area (Å²) < 4.78 is 49.3. The van der Waals surface area contributed by atoms with E-state index in [0.29, 0.717) is 19.6 Å². The van der Waals surface area contributed by atoms with Crippen LogP contribution in [0.4, 0.5) is 13.2 Å². The Hall–Kier alpha value is -1.61. The molecule has 0 aromatic carbocycles. The molecule has 0 radical (unpaired) electrons. The van der Waals surface area contributed by atoms with Crippen LogP contribution in [0.25, 0.3) is 0 Å². The highest BCUT2D eigenvalue weighted by molar-refractivity contribution is 5.94. The Morgan fingerprint density at radius 3 is 3.00 bits per heavy atom. The van der Waals surface area contributed by atoms with Gasteiger partial charge in [0.2, 0.25) is 0 Å². The zero-order valence-corrected chi connectivity index (χ0v) is 11.0. The summed E-state index contributed by atoms with van der Waals surface area (Å²) in [5, 5.41) is 0. The van der Waals surface area contributed by atoms with Crippen molar-refractivity contribution in [3.63, 3.8) is 0 Å². The highest BCUT2D eigenvalue weighted by Crippen LogP contribution is 2.31. The van der Waals surface area contributed by atoms with E-state index in [1.54, 1.807) is 0 Å². The first-order chi connectivity index (χ1) is 9.98. The molecule has 3 heterocycles. The van der Waals surface area contributed by atoms with Crippen LogP contribution in [0.2, 0.25) is 0 Å². The van der Waals surface area contributed by atoms with Crippen molar-refractivity contribution in [3.8, 4) is 0 Å². The SMILES string of the molecule is O=C(c1nc[nH]c1C(F)(F)F)N1CCO[C@@H]2COCC[C@@H]21. The normalized spacial score (nSPS) is 26.5. The fraction of sp³-hybridized carbons (Fsp3) is 0.667. The van der Waals surface area contributed by atoms with Crippen LogP contribution >= 0.6 is 0 Å². The Morgan fingerprint density at radius 2 is 2.24 bits per heavy atom. The number of morpholine rings is 1. The van der Waals surface area contributed by atoms with Crippen molar-refractivity contribution in [1.82, 2.24) is 14.9 Å². The van der Waals surface area contributed by atoms with Crippen LogP contribution in [0.3, 0.4) is 0 Å². The second-order valence-electron chi connectivity index (χ2n) is 4.96. The molecule has 2 aliphatic rings. The quantitative estimate of drug-likeness (QED) is 0.842. The van der Waals surface area contributed by atoms with Gasteiger partial charge in [-0.3, -0.25) is 4.79 Å². The molecule has 2 fully saturated rings. The number of imidazole rings is 1. The number of alkyl halides is 3. The number of hydrogen-bond donors (Lipinski definition) is 1. The number of nitrogens with zero attached hydrogens (tertiary/aromatic N) is 2. The minimum atomic E-state index is -4.64. The van der Waals surface area contributed by atoms with Gasteiger partial charge in [-0.25, -0.2) is 4.98 Å². The lowest BCUT2D eigenvalue weighted by Gasteiger charge is -2.43. The number of aromatic amines is 1. The van der Waals surface area contributed by atoms with Gasteiger partial charge in [-0.1, -0.05) is 0 Å². The Balaban J connectivity index is 1.86. The van der Waals surface area contributed by atoms with Crippen LogP contribution in [0, 0.1) is 0 Å². The van der Waals surface area contributed by atoms with E-state index < -0.39 is 23.5 Å². The first kappa shape index (κ1) is 14.3. The molecule has 1 N–H and O–H groups in total. The van der Waals surface area contributed by atoms with Gasteiger partial charge in [0.25, 0.3) is 5.91 Å². The Kier molecular flexibility index (Phi) is 3.62. The molecule has 116 valence electrons. The maximum atomic E-state index is 12.9. The smallest absolute Gasteiger partial charge is 0.379 e. The largest absolute Gasteiger partial charge is 0.433 e. The average Bonchev–Trinajstić information content (AvgIpc) is 2.95. The van der Waals surface area contributed by atoms with Gasteiger partial charge in [-0.2, -0.15) is 13.2 Å². The van der Waals surface area contributed by atoms with Crippen molar-refractivity contribution in [1.29, 1.82) is 0 Å². The van der Waals surface area contributed by atoms with E-state index in [-0.39, 0.29) is 25.3 Å². The van der Waals surface area contributed by atoms with Crippen LogP contribution in [-0.4, -0.2) is 59.3 Å². The fourth-order valence-electron chi connectivity index (χ4n) is 2.75. The van der Waals surface area contributed by atoms with Crippen LogP contribution in [-0.2, 0) is 15.7 Å². The van der Waals surface area contributed by atoms with Crippen molar-refractivity contribution in [3.05, 3.63) is 17.7 Å². The summed E-state index contributed by atoms with van der Waals surface area (Å²) in [6, 6.07) is -0.266. The highest BCUT2D eigenvalue weighted by Gasteiger charge is 2.43.